The maximum Gasteiger partial charge on any atom is 0.242 e. The SMILES string of the molecule is CC(C)C1(CCNC(=O)CN=S(C)(C)=O)CCC1. The molecule has 0 heterocycles. The van der Waals surface area contributed by atoms with Crippen LogP contribution in [0.15, 0.2) is 4.36 Å². The van der Waals surface area contributed by atoms with Crippen molar-refractivity contribution in [3.8, 4) is 0 Å². The highest BCUT2D eigenvalue weighted by Crippen LogP contribution is 2.49. The minimum absolute atomic E-state index is 0.0144. The second-order valence-electron chi connectivity index (χ2n) is 5.94. The highest BCUT2D eigenvalue weighted by atomic mass is 32.2. The molecule has 106 valence electrons. The van der Waals surface area contributed by atoms with Gasteiger partial charge in [0, 0.05) is 28.8 Å². The first-order valence-electron chi connectivity index (χ1n) is 6.65. The maximum atomic E-state index is 11.5. The van der Waals surface area contributed by atoms with Gasteiger partial charge in [0.1, 0.15) is 6.54 Å². The van der Waals surface area contributed by atoms with Crippen LogP contribution in [0.2, 0.25) is 0 Å². The Labute approximate surface area is 111 Å². The molecule has 0 aromatic heterocycles. The Hall–Kier alpha value is -0.580. The van der Waals surface area contributed by atoms with Gasteiger partial charge < -0.3 is 5.32 Å². The van der Waals surface area contributed by atoms with Crippen LogP contribution in [-0.2, 0) is 14.5 Å². The van der Waals surface area contributed by atoms with Gasteiger partial charge in [-0.2, -0.15) is 0 Å². The lowest BCUT2D eigenvalue weighted by Gasteiger charge is -2.46. The van der Waals surface area contributed by atoms with Gasteiger partial charge in [-0.15, -0.1) is 0 Å². The Morgan fingerprint density at radius 1 is 1.39 bits per heavy atom. The number of amides is 1. The molecule has 0 aromatic rings. The molecule has 0 radical (unpaired) electrons. The molecule has 1 saturated carbocycles. The highest BCUT2D eigenvalue weighted by molar-refractivity contribution is 7.92. The van der Waals surface area contributed by atoms with E-state index in [0.717, 1.165) is 6.42 Å². The third-order valence-electron chi connectivity index (χ3n) is 4.04. The van der Waals surface area contributed by atoms with Gasteiger partial charge in [0.05, 0.1) is 0 Å². The predicted octanol–water partition coefficient (Wildman–Crippen LogP) is 2.05. The molecule has 1 N–H and O–H groups in total. The van der Waals surface area contributed by atoms with Gasteiger partial charge >= 0.3 is 0 Å². The Balaban J connectivity index is 2.30. The van der Waals surface area contributed by atoms with Gasteiger partial charge in [0.15, 0.2) is 0 Å². The summed E-state index contributed by atoms with van der Waals surface area (Å²) in [6.07, 6.45) is 8.01. The third kappa shape index (κ3) is 4.59. The van der Waals surface area contributed by atoms with Crippen LogP contribution in [0.4, 0.5) is 0 Å². The van der Waals surface area contributed by atoms with E-state index in [1.54, 1.807) is 12.5 Å². The van der Waals surface area contributed by atoms with E-state index < -0.39 is 9.73 Å². The van der Waals surface area contributed by atoms with Gasteiger partial charge in [-0.3, -0.25) is 9.00 Å². The number of hydrogen-bond acceptors (Lipinski definition) is 3. The molecule has 1 aliphatic carbocycles. The second-order valence-corrected chi connectivity index (χ2v) is 8.56. The summed E-state index contributed by atoms with van der Waals surface area (Å²) in [6, 6.07) is 0. The minimum atomic E-state index is -2.17. The van der Waals surface area contributed by atoms with Crippen molar-refractivity contribution in [1.29, 1.82) is 0 Å². The fourth-order valence-corrected chi connectivity index (χ4v) is 2.90. The molecule has 0 saturated heterocycles. The molecule has 1 amide bonds. The molecular formula is C13H26N2O2S. The van der Waals surface area contributed by atoms with Crippen LogP contribution in [0.5, 0.6) is 0 Å². The van der Waals surface area contributed by atoms with E-state index in [0.29, 0.717) is 17.9 Å². The van der Waals surface area contributed by atoms with Gasteiger partial charge in [-0.05, 0) is 30.6 Å². The van der Waals surface area contributed by atoms with Crippen molar-refractivity contribution < 1.29 is 9.00 Å². The van der Waals surface area contributed by atoms with Gasteiger partial charge in [-0.1, -0.05) is 20.3 Å². The largest absolute Gasteiger partial charge is 0.354 e. The molecule has 4 nitrogen and oxygen atoms in total. The number of hydrogen-bond donors (Lipinski definition) is 1. The first kappa shape index (κ1) is 15.5. The Morgan fingerprint density at radius 3 is 2.39 bits per heavy atom. The van der Waals surface area contributed by atoms with Crippen molar-refractivity contribution in [3.05, 3.63) is 0 Å². The van der Waals surface area contributed by atoms with Gasteiger partial charge in [-0.25, -0.2) is 4.36 Å². The molecule has 0 spiro atoms. The molecule has 0 bridgehead atoms. The minimum Gasteiger partial charge on any atom is -0.354 e. The van der Waals surface area contributed by atoms with E-state index in [1.165, 1.54) is 19.3 Å². The van der Waals surface area contributed by atoms with Crippen molar-refractivity contribution in [2.75, 3.05) is 25.6 Å². The molecular weight excluding hydrogens is 248 g/mol. The van der Waals surface area contributed by atoms with E-state index in [9.17, 15) is 9.00 Å². The Kier molecular flexibility index (Phi) is 5.20. The zero-order chi connectivity index (χ0) is 13.8. The molecule has 0 atom stereocenters. The zero-order valence-corrected chi connectivity index (χ0v) is 12.8. The first-order valence-corrected chi connectivity index (χ1v) is 8.98. The number of rotatable bonds is 6. The van der Waals surface area contributed by atoms with Crippen molar-refractivity contribution >= 4 is 15.6 Å². The molecule has 18 heavy (non-hydrogen) atoms. The third-order valence-corrected chi connectivity index (χ3v) is 4.79. The number of carbonyl (C=O) groups excluding carboxylic acids is 1. The Morgan fingerprint density at radius 2 is 2.00 bits per heavy atom. The summed E-state index contributed by atoms with van der Waals surface area (Å²) in [7, 11) is -2.17. The van der Waals surface area contributed by atoms with Crippen molar-refractivity contribution in [2.45, 2.75) is 39.5 Å². The fraction of sp³-hybridized carbons (Fsp3) is 0.923. The van der Waals surface area contributed by atoms with Crippen LogP contribution in [0.3, 0.4) is 0 Å². The van der Waals surface area contributed by atoms with Crippen molar-refractivity contribution in [1.82, 2.24) is 5.32 Å². The monoisotopic (exact) mass is 274 g/mol. The lowest BCUT2D eigenvalue weighted by atomic mass is 9.60. The summed E-state index contributed by atoms with van der Waals surface area (Å²) < 4.78 is 15.2. The van der Waals surface area contributed by atoms with Crippen LogP contribution < -0.4 is 5.32 Å². The topological polar surface area (TPSA) is 58.5 Å². The fourth-order valence-electron chi connectivity index (χ4n) is 2.47. The Bertz CT molecular complexity index is 397. The average molecular weight is 274 g/mol. The lowest BCUT2D eigenvalue weighted by molar-refractivity contribution is -0.119. The smallest absolute Gasteiger partial charge is 0.242 e. The average Bonchev–Trinajstić information content (AvgIpc) is 2.17. The molecule has 1 fully saturated rings. The molecule has 0 aromatic carbocycles. The van der Waals surface area contributed by atoms with E-state index in [1.807, 2.05) is 0 Å². The number of nitrogens with zero attached hydrogens (tertiary/aromatic N) is 1. The predicted molar refractivity (Wildman–Crippen MR) is 76.0 cm³/mol. The van der Waals surface area contributed by atoms with Gasteiger partial charge in [0.2, 0.25) is 5.91 Å². The van der Waals surface area contributed by atoms with Crippen LogP contribution in [0.25, 0.3) is 0 Å². The summed E-state index contributed by atoms with van der Waals surface area (Å²) >= 11 is 0. The molecule has 1 aliphatic rings. The summed E-state index contributed by atoms with van der Waals surface area (Å²) in [5.41, 5.74) is 0.438. The normalized spacial score (nSPS) is 18.3. The second kappa shape index (κ2) is 6.04. The maximum absolute atomic E-state index is 11.5. The summed E-state index contributed by atoms with van der Waals surface area (Å²) in [6.45, 7) is 5.25. The zero-order valence-electron chi connectivity index (χ0n) is 12.0. The quantitative estimate of drug-likeness (QED) is 0.806. The standard InChI is InChI=1S/C13H26N2O2S/c1-11(2)13(6-5-7-13)8-9-14-12(16)10-15-18(3,4)17/h11H,5-10H2,1-4H3,(H,14,16). The van der Waals surface area contributed by atoms with Crippen molar-refractivity contribution in [3.63, 3.8) is 0 Å². The van der Waals surface area contributed by atoms with E-state index in [4.69, 9.17) is 0 Å². The number of carbonyl (C=O) groups is 1. The summed E-state index contributed by atoms with van der Waals surface area (Å²) in [4.78, 5) is 11.5. The summed E-state index contributed by atoms with van der Waals surface area (Å²) in [5, 5.41) is 2.88. The number of nitrogens with one attached hydrogen (secondary N) is 1. The lowest BCUT2D eigenvalue weighted by Crippen LogP contribution is -2.39. The first-order chi connectivity index (χ1) is 8.25. The molecule has 5 heteroatoms. The van der Waals surface area contributed by atoms with Crippen LogP contribution in [-0.4, -0.2) is 35.7 Å². The molecule has 0 unspecified atom stereocenters. The van der Waals surface area contributed by atoms with Crippen LogP contribution in [0, 0.1) is 11.3 Å². The van der Waals surface area contributed by atoms with Gasteiger partial charge in [0.25, 0.3) is 0 Å². The van der Waals surface area contributed by atoms with E-state index >= 15 is 0 Å². The van der Waals surface area contributed by atoms with Crippen LogP contribution in [0.1, 0.15) is 39.5 Å². The molecule has 0 aliphatic heterocycles. The summed E-state index contributed by atoms with van der Waals surface area (Å²) in [5.74, 6) is 0.558. The van der Waals surface area contributed by atoms with Crippen molar-refractivity contribution in [2.24, 2.45) is 15.7 Å². The van der Waals surface area contributed by atoms with E-state index in [-0.39, 0.29) is 12.5 Å². The van der Waals surface area contributed by atoms with E-state index in [2.05, 4.69) is 23.5 Å². The van der Waals surface area contributed by atoms with Crippen LogP contribution >= 0.6 is 0 Å². The molecule has 1 rings (SSSR count). The highest BCUT2D eigenvalue weighted by Gasteiger charge is 2.38.